The van der Waals surface area contributed by atoms with Gasteiger partial charge in [0, 0.05) is 5.69 Å². The van der Waals surface area contributed by atoms with Crippen LogP contribution < -0.4 is 10.1 Å². The Morgan fingerprint density at radius 1 is 1.12 bits per heavy atom. The van der Waals surface area contributed by atoms with Gasteiger partial charge in [-0.05, 0) is 82.3 Å². The molecular formula is C24H16FIN2O4. The van der Waals surface area contributed by atoms with Crippen LogP contribution >= 0.6 is 22.6 Å². The van der Waals surface area contributed by atoms with Gasteiger partial charge in [-0.1, -0.05) is 24.3 Å². The van der Waals surface area contributed by atoms with Crippen LogP contribution in [0.5, 0.6) is 5.75 Å². The number of carbonyl (C=O) groups is 2. The van der Waals surface area contributed by atoms with E-state index in [9.17, 15) is 19.2 Å². The number of nitrogens with zero attached hydrogens (tertiary/aromatic N) is 1. The summed E-state index contributed by atoms with van der Waals surface area (Å²) in [4.78, 5) is 23.5. The molecule has 0 saturated carbocycles. The van der Waals surface area contributed by atoms with Crippen molar-refractivity contribution in [2.24, 2.45) is 0 Å². The van der Waals surface area contributed by atoms with E-state index in [-0.39, 0.29) is 29.2 Å². The third kappa shape index (κ3) is 6.15. The molecule has 3 aromatic rings. The predicted molar refractivity (Wildman–Crippen MR) is 126 cm³/mol. The maximum Gasteiger partial charge on any atom is 0.335 e. The van der Waals surface area contributed by atoms with Crippen molar-refractivity contribution >= 4 is 46.2 Å². The second kappa shape index (κ2) is 10.5. The molecule has 0 heterocycles. The largest absolute Gasteiger partial charge is 0.488 e. The highest BCUT2D eigenvalue weighted by molar-refractivity contribution is 14.1. The summed E-state index contributed by atoms with van der Waals surface area (Å²) < 4.78 is 19.5. The summed E-state index contributed by atoms with van der Waals surface area (Å²) in [6, 6.07) is 18.8. The number of carbonyl (C=O) groups excluding carboxylic acids is 1. The zero-order valence-electron chi connectivity index (χ0n) is 16.5. The van der Waals surface area contributed by atoms with Crippen LogP contribution in [0, 0.1) is 20.7 Å². The van der Waals surface area contributed by atoms with Crippen molar-refractivity contribution < 1.29 is 23.8 Å². The Morgan fingerprint density at radius 3 is 2.53 bits per heavy atom. The number of nitrogens with one attached hydrogen (secondary N) is 1. The van der Waals surface area contributed by atoms with E-state index in [2.05, 4.69) is 27.9 Å². The van der Waals surface area contributed by atoms with Gasteiger partial charge in [-0.25, -0.2) is 9.18 Å². The Balaban J connectivity index is 1.71. The minimum Gasteiger partial charge on any atom is -0.488 e. The van der Waals surface area contributed by atoms with Crippen molar-refractivity contribution in [1.29, 1.82) is 5.26 Å². The first kappa shape index (κ1) is 23.0. The molecule has 32 heavy (non-hydrogen) atoms. The molecule has 0 aliphatic carbocycles. The standard InChI is InChI=1S/C24H16FIN2O4/c25-19-7-4-15(5-8-19)14-32-22-9-6-16(11-21(22)26)10-18(13-27)23(29)28-20-3-1-2-17(12-20)24(30)31/h1-12H,14H2,(H,28,29)(H,30,31)/b18-10-. The van der Waals surface area contributed by atoms with Gasteiger partial charge in [0.25, 0.3) is 5.91 Å². The summed E-state index contributed by atoms with van der Waals surface area (Å²) >= 11 is 2.09. The van der Waals surface area contributed by atoms with Crippen LogP contribution in [-0.2, 0) is 11.4 Å². The van der Waals surface area contributed by atoms with Crippen molar-refractivity contribution in [3.05, 3.63) is 98.4 Å². The van der Waals surface area contributed by atoms with E-state index in [1.54, 1.807) is 30.3 Å². The fourth-order valence-electron chi connectivity index (χ4n) is 2.71. The molecule has 160 valence electrons. The number of carboxylic acids is 1. The lowest BCUT2D eigenvalue weighted by Crippen LogP contribution is -2.14. The molecule has 0 aromatic heterocycles. The minimum atomic E-state index is -1.12. The first-order valence-corrected chi connectivity index (χ1v) is 10.4. The number of anilines is 1. The summed E-state index contributed by atoms with van der Waals surface area (Å²) in [7, 11) is 0. The monoisotopic (exact) mass is 542 g/mol. The fourth-order valence-corrected chi connectivity index (χ4v) is 3.40. The summed E-state index contributed by atoms with van der Waals surface area (Å²) in [5.74, 6) is -1.47. The quantitative estimate of drug-likeness (QED) is 0.241. The summed E-state index contributed by atoms with van der Waals surface area (Å²) in [5.41, 5.74) is 1.60. The molecule has 3 rings (SSSR count). The van der Waals surface area contributed by atoms with Crippen LogP contribution in [0.15, 0.2) is 72.3 Å². The average Bonchev–Trinajstić information content (AvgIpc) is 2.78. The second-order valence-electron chi connectivity index (χ2n) is 6.61. The van der Waals surface area contributed by atoms with E-state index >= 15 is 0 Å². The fraction of sp³-hybridized carbons (Fsp3) is 0.0417. The number of hydrogen-bond donors (Lipinski definition) is 2. The Bertz CT molecular complexity index is 1230. The number of halogens is 2. The number of rotatable bonds is 7. The van der Waals surface area contributed by atoms with Crippen LogP contribution in [0.2, 0.25) is 0 Å². The zero-order valence-corrected chi connectivity index (χ0v) is 18.7. The van der Waals surface area contributed by atoms with E-state index in [0.717, 1.165) is 9.13 Å². The van der Waals surface area contributed by atoms with Gasteiger partial charge in [-0.3, -0.25) is 4.79 Å². The van der Waals surface area contributed by atoms with Crippen molar-refractivity contribution in [3.8, 4) is 11.8 Å². The molecular weight excluding hydrogens is 526 g/mol. The molecule has 0 aliphatic heterocycles. The van der Waals surface area contributed by atoms with Gasteiger partial charge in [0.05, 0.1) is 9.13 Å². The molecule has 8 heteroatoms. The molecule has 0 unspecified atom stereocenters. The molecule has 6 nitrogen and oxygen atoms in total. The summed E-state index contributed by atoms with van der Waals surface area (Å²) in [6.45, 7) is 0.271. The highest BCUT2D eigenvalue weighted by Gasteiger charge is 2.12. The minimum absolute atomic E-state index is 0.0241. The van der Waals surface area contributed by atoms with Crippen molar-refractivity contribution in [2.75, 3.05) is 5.32 Å². The summed E-state index contributed by atoms with van der Waals surface area (Å²) in [6.07, 6.45) is 1.43. The van der Waals surface area contributed by atoms with E-state index in [4.69, 9.17) is 9.84 Å². The third-order valence-electron chi connectivity index (χ3n) is 4.31. The van der Waals surface area contributed by atoms with Crippen molar-refractivity contribution in [2.45, 2.75) is 6.61 Å². The lowest BCUT2D eigenvalue weighted by molar-refractivity contribution is -0.112. The number of aromatic carboxylic acids is 1. The molecule has 0 aliphatic rings. The molecule has 0 radical (unpaired) electrons. The maximum atomic E-state index is 13.0. The highest BCUT2D eigenvalue weighted by Crippen LogP contribution is 2.24. The van der Waals surface area contributed by atoms with Crippen molar-refractivity contribution in [1.82, 2.24) is 0 Å². The molecule has 0 bridgehead atoms. The van der Waals surface area contributed by atoms with Crippen LogP contribution in [0.1, 0.15) is 21.5 Å². The first-order chi connectivity index (χ1) is 15.4. The number of nitriles is 1. The number of ether oxygens (including phenoxy) is 1. The molecule has 0 atom stereocenters. The normalized spacial score (nSPS) is 10.8. The number of amides is 1. The van der Waals surface area contributed by atoms with Crippen LogP contribution in [-0.4, -0.2) is 17.0 Å². The average molecular weight is 542 g/mol. The molecule has 1 amide bonds. The summed E-state index contributed by atoms with van der Waals surface area (Å²) in [5, 5.41) is 21.0. The Kier molecular flexibility index (Phi) is 7.57. The van der Waals surface area contributed by atoms with Gasteiger partial charge in [-0.2, -0.15) is 5.26 Å². The molecule has 0 spiro atoms. The molecule has 3 aromatic carbocycles. The van der Waals surface area contributed by atoms with E-state index in [1.807, 2.05) is 6.07 Å². The van der Waals surface area contributed by atoms with Gasteiger partial charge in [0.1, 0.15) is 29.8 Å². The number of benzene rings is 3. The van der Waals surface area contributed by atoms with Gasteiger partial charge in [0.15, 0.2) is 0 Å². The van der Waals surface area contributed by atoms with E-state index < -0.39 is 11.9 Å². The van der Waals surface area contributed by atoms with Gasteiger partial charge in [-0.15, -0.1) is 0 Å². The Morgan fingerprint density at radius 2 is 1.88 bits per heavy atom. The number of carboxylic acid groups (broad SMARTS) is 1. The Labute approximate surface area is 197 Å². The lowest BCUT2D eigenvalue weighted by atomic mass is 10.1. The van der Waals surface area contributed by atoms with Gasteiger partial charge < -0.3 is 15.2 Å². The van der Waals surface area contributed by atoms with Crippen LogP contribution in [0.25, 0.3) is 6.08 Å². The van der Waals surface area contributed by atoms with Crippen molar-refractivity contribution in [3.63, 3.8) is 0 Å². The smallest absolute Gasteiger partial charge is 0.335 e. The van der Waals surface area contributed by atoms with E-state index in [1.165, 1.54) is 42.5 Å². The third-order valence-corrected chi connectivity index (χ3v) is 5.15. The Hall–Kier alpha value is -3.71. The first-order valence-electron chi connectivity index (χ1n) is 9.29. The number of hydrogen-bond acceptors (Lipinski definition) is 4. The van der Waals surface area contributed by atoms with E-state index in [0.29, 0.717) is 11.3 Å². The van der Waals surface area contributed by atoms with Crippen LogP contribution in [0.4, 0.5) is 10.1 Å². The zero-order chi connectivity index (χ0) is 23.1. The molecule has 0 saturated heterocycles. The molecule has 0 fully saturated rings. The predicted octanol–water partition coefficient (Wildman–Crippen LogP) is 5.25. The topological polar surface area (TPSA) is 99.4 Å². The molecule has 2 N–H and O–H groups in total. The van der Waals surface area contributed by atoms with Gasteiger partial charge in [0.2, 0.25) is 0 Å². The van der Waals surface area contributed by atoms with Crippen LogP contribution in [0.3, 0.4) is 0 Å². The lowest BCUT2D eigenvalue weighted by Gasteiger charge is -2.09. The second-order valence-corrected chi connectivity index (χ2v) is 7.78. The highest BCUT2D eigenvalue weighted by atomic mass is 127. The van der Waals surface area contributed by atoms with Gasteiger partial charge >= 0.3 is 5.97 Å². The maximum absolute atomic E-state index is 13.0. The SMILES string of the molecule is N#C/C(=C/c1ccc(OCc2ccc(F)cc2)c(I)c1)C(=O)Nc1cccc(C(=O)O)c1.